The molecule has 1 aromatic carbocycles. The molecule has 0 aromatic heterocycles. The average molecular weight is 255 g/mol. The molecule has 0 spiro atoms. The van der Waals surface area contributed by atoms with Crippen LogP contribution < -0.4 is 4.90 Å². The van der Waals surface area contributed by atoms with E-state index in [1.165, 1.54) is 11.3 Å². The molecule has 0 bridgehead atoms. The van der Waals surface area contributed by atoms with Crippen LogP contribution in [0.5, 0.6) is 0 Å². The number of carbonyl (C=O) groups is 1. The summed E-state index contributed by atoms with van der Waals surface area (Å²) in [5.74, 6) is -0.188. The molecule has 3 rings (SSSR count). The van der Waals surface area contributed by atoms with Crippen LogP contribution in [0.3, 0.4) is 0 Å². The van der Waals surface area contributed by atoms with Crippen LogP contribution in [-0.2, 0) is 9.53 Å². The van der Waals surface area contributed by atoms with Crippen molar-refractivity contribution in [2.24, 2.45) is 0 Å². The smallest absolute Gasteiger partial charge is 0.335 e. The second-order valence-corrected chi connectivity index (χ2v) is 4.87. The Kier molecular flexibility index (Phi) is 3.11. The Morgan fingerprint density at radius 2 is 2.21 bits per heavy atom. The van der Waals surface area contributed by atoms with Gasteiger partial charge in [-0.1, -0.05) is 37.3 Å². The first-order valence-corrected chi connectivity index (χ1v) is 6.72. The second-order valence-electron chi connectivity index (χ2n) is 4.87. The molecule has 2 heterocycles. The van der Waals surface area contributed by atoms with Crippen molar-refractivity contribution in [3.63, 3.8) is 0 Å². The number of ether oxygens (including phenoxy) is 1. The average Bonchev–Trinajstić information content (AvgIpc) is 2.45. The molecule has 2 aliphatic heterocycles. The summed E-state index contributed by atoms with van der Waals surface area (Å²) in [7, 11) is 0. The van der Waals surface area contributed by atoms with E-state index in [0.29, 0.717) is 13.2 Å². The van der Waals surface area contributed by atoms with E-state index in [2.05, 4.69) is 29.2 Å². The standard InChI is InChI=1S/C16H17NO2/c1-2-9-19-16(18)14-10-13-6-3-5-12-7-4-8-17(11-14)15(12)13/h3-7,10H,2,8-9,11H2,1H3. The second kappa shape index (κ2) is 4.92. The number of hydrogen-bond acceptors (Lipinski definition) is 3. The highest BCUT2D eigenvalue weighted by Crippen LogP contribution is 2.35. The van der Waals surface area contributed by atoms with Crippen molar-refractivity contribution in [3.05, 3.63) is 41.0 Å². The molecule has 0 aliphatic carbocycles. The van der Waals surface area contributed by atoms with Gasteiger partial charge in [0.15, 0.2) is 0 Å². The maximum atomic E-state index is 12.0. The van der Waals surface area contributed by atoms with Crippen molar-refractivity contribution in [2.45, 2.75) is 13.3 Å². The minimum Gasteiger partial charge on any atom is -0.462 e. The van der Waals surface area contributed by atoms with Gasteiger partial charge >= 0.3 is 5.97 Å². The number of nitrogens with zero attached hydrogens (tertiary/aromatic N) is 1. The first-order valence-electron chi connectivity index (χ1n) is 6.72. The van der Waals surface area contributed by atoms with Crippen molar-refractivity contribution in [1.29, 1.82) is 0 Å². The van der Waals surface area contributed by atoms with E-state index >= 15 is 0 Å². The Bertz CT molecular complexity index is 572. The van der Waals surface area contributed by atoms with Crippen LogP contribution in [0.15, 0.2) is 29.8 Å². The molecule has 1 aromatic rings. The molecule has 3 nitrogen and oxygen atoms in total. The Hall–Kier alpha value is -2.03. The highest BCUT2D eigenvalue weighted by molar-refractivity contribution is 5.99. The quantitative estimate of drug-likeness (QED) is 0.778. The van der Waals surface area contributed by atoms with Gasteiger partial charge in [0, 0.05) is 6.54 Å². The molecule has 19 heavy (non-hydrogen) atoms. The van der Waals surface area contributed by atoms with E-state index in [0.717, 1.165) is 24.1 Å². The van der Waals surface area contributed by atoms with E-state index in [-0.39, 0.29) is 5.97 Å². The molecule has 0 radical (unpaired) electrons. The zero-order chi connectivity index (χ0) is 13.2. The third kappa shape index (κ3) is 2.16. The van der Waals surface area contributed by atoms with Crippen LogP contribution in [0.2, 0.25) is 0 Å². The third-order valence-corrected chi connectivity index (χ3v) is 3.43. The molecule has 0 atom stereocenters. The molecule has 0 N–H and O–H groups in total. The Balaban J connectivity index is 1.94. The predicted octanol–water partition coefficient (Wildman–Crippen LogP) is 2.87. The maximum Gasteiger partial charge on any atom is 0.335 e. The number of para-hydroxylation sites is 1. The Labute approximate surface area is 113 Å². The van der Waals surface area contributed by atoms with E-state index in [1.54, 1.807) is 0 Å². The number of benzene rings is 1. The number of hydrogen-bond donors (Lipinski definition) is 0. The van der Waals surface area contributed by atoms with Crippen LogP contribution in [0, 0.1) is 0 Å². The molecule has 0 fully saturated rings. The predicted molar refractivity (Wildman–Crippen MR) is 76.9 cm³/mol. The molecule has 3 heteroatoms. The Morgan fingerprint density at radius 3 is 3.05 bits per heavy atom. The topological polar surface area (TPSA) is 29.5 Å². The third-order valence-electron chi connectivity index (χ3n) is 3.43. The lowest BCUT2D eigenvalue weighted by Gasteiger charge is -2.33. The zero-order valence-electron chi connectivity index (χ0n) is 11.1. The van der Waals surface area contributed by atoms with Crippen molar-refractivity contribution < 1.29 is 9.53 Å². The van der Waals surface area contributed by atoms with Gasteiger partial charge in [-0.15, -0.1) is 0 Å². The molecule has 0 saturated heterocycles. The number of rotatable bonds is 3. The van der Waals surface area contributed by atoms with Gasteiger partial charge in [-0.2, -0.15) is 0 Å². The van der Waals surface area contributed by atoms with Crippen LogP contribution in [0.1, 0.15) is 24.5 Å². The minimum atomic E-state index is -0.188. The van der Waals surface area contributed by atoms with Gasteiger partial charge in [0.05, 0.1) is 24.4 Å². The van der Waals surface area contributed by atoms with Crippen molar-refractivity contribution in [3.8, 4) is 0 Å². The highest BCUT2D eigenvalue weighted by atomic mass is 16.5. The molecule has 0 unspecified atom stereocenters. The summed E-state index contributed by atoms with van der Waals surface area (Å²) >= 11 is 0. The largest absolute Gasteiger partial charge is 0.462 e. The first-order chi connectivity index (χ1) is 9.29. The van der Waals surface area contributed by atoms with E-state index in [1.807, 2.05) is 19.1 Å². The first kappa shape index (κ1) is 12.0. The fraction of sp³-hybridized carbons (Fsp3) is 0.312. The Morgan fingerprint density at radius 1 is 1.37 bits per heavy atom. The van der Waals surface area contributed by atoms with Crippen LogP contribution in [0.25, 0.3) is 12.2 Å². The minimum absolute atomic E-state index is 0.188. The number of carbonyl (C=O) groups excluding carboxylic acids is 1. The molecular weight excluding hydrogens is 238 g/mol. The van der Waals surface area contributed by atoms with E-state index in [9.17, 15) is 4.79 Å². The fourth-order valence-corrected chi connectivity index (χ4v) is 2.59. The van der Waals surface area contributed by atoms with Gasteiger partial charge in [0.25, 0.3) is 0 Å². The van der Waals surface area contributed by atoms with Gasteiger partial charge < -0.3 is 9.64 Å². The fourth-order valence-electron chi connectivity index (χ4n) is 2.59. The molecule has 2 aliphatic rings. The molecular formula is C16H17NO2. The molecule has 0 saturated carbocycles. The van der Waals surface area contributed by atoms with Gasteiger partial charge in [-0.25, -0.2) is 4.79 Å². The monoisotopic (exact) mass is 255 g/mol. The lowest BCUT2D eigenvalue weighted by Crippen LogP contribution is -2.33. The van der Waals surface area contributed by atoms with Crippen LogP contribution in [-0.4, -0.2) is 25.7 Å². The van der Waals surface area contributed by atoms with Gasteiger partial charge in [-0.3, -0.25) is 0 Å². The lowest BCUT2D eigenvalue weighted by atomic mass is 9.96. The van der Waals surface area contributed by atoms with Crippen molar-refractivity contribution in [2.75, 3.05) is 24.6 Å². The molecule has 98 valence electrons. The maximum absolute atomic E-state index is 12.0. The normalized spacial score (nSPS) is 15.8. The summed E-state index contributed by atoms with van der Waals surface area (Å²) in [6.07, 6.45) is 7.09. The van der Waals surface area contributed by atoms with Gasteiger partial charge in [0.2, 0.25) is 0 Å². The van der Waals surface area contributed by atoms with Gasteiger partial charge in [0.1, 0.15) is 0 Å². The molecule has 0 amide bonds. The zero-order valence-corrected chi connectivity index (χ0v) is 11.1. The summed E-state index contributed by atoms with van der Waals surface area (Å²) in [5.41, 5.74) is 4.31. The number of esters is 1. The SMILES string of the molecule is CCCOC(=O)C1=Cc2cccc3c2N(CC=C3)C1. The van der Waals surface area contributed by atoms with Crippen LogP contribution >= 0.6 is 0 Å². The summed E-state index contributed by atoms with van der Waals surface area (Å²) in [6.45, 7) is 3.97. The summed E-state index contributed by atoms with van der Waals surface area (Å²) in [5, 5.41) is 0. The van der Waals surface area contributed by atoms with Crippen LogP contribution in [0.4, 0.5) is 5.69 Å². The van der Waals surface area contributed by atoms with Crippen molar-refractivity contribution >= 4 is 23.8 Å². The summed E-state index contributed by atoms with van der Waals surface area (Å²) < 4.78 is 5.23. The summed E-state index contributed by atoms with van der Waals surface area (Å²) in [4.78, 5) is 14.2. The highest BCUT2D eigenvalue weighted by Gasteiger charge is 2.25. The number of anilines is 1. The van der Waals surface area contributed by atoms with Crippen molar-refractivity contribution in [1.82, 2.24) is 0 Å². The van der Waals surface area contributed by atoms with E-state index in [4.69, 9.17) is 4.74 Å². The lowest BCUT2D eigenvalue weighted by molar-refractivity contribution is -0.138. The van der Waals surface area contributed by atoms with E-state index < -0.39 is 0 Å². The summed E-state index contributed by atoms with van der Waals surface area (Å²) in [6, 6.07) is 6.19. The van der Waals surface area contributed by atoms with Gasteiger partial charge in [-0.05, 0) is 23.6 Å².